The summed E-state index contributed by atoms with van der Waals surface area (Å²) in [6.07, 6.45) is 6.11. The molecular formula is C35H36ClN7O4S. The first-order chi connectivity index (χ1) is 23.3. The van der Waals surface area contributed by atoms with Crippen molar-refractivity contribution < 1.29 is 14.7 Å². The Hall–Kier alpha value is -4.23. The highest BCUT2D eigenvalue weighted by Crippen LogP contribution is 2.35. The van der Waals surface area contributed by atoms with Crippen LogP contribution in [0.15, 0.2) is 78.1 Å². The number of likely N-dealkylation sites (tertiary alicyclic amines) is 2. The lowest BCUT2D eigenvalue weighted by Crippen LogP contribution is -2.53. The van der Waals surface area contributed by atoms with Crippen molar-refractivity contribution in [2.45, 2.75) is 37.3 Å². The Morgan fingerprint density at radius 3 is 2.67 bits per heavy atom. The third-order valence-electron chi connectivity index (χ3n) is 9.72. The number of hydrogen-bond acceptors (Lipinski definition) is 9. The summed E-state index contributed by atoms with van der Waals surface area (Å²) in [7, 11) is 0. The number of carbonyl (C=O) groups is 2. The zero-order valence-corrected chi connectivity index (χ0v) is 27.9. The van der Waals surface area contributed by atoms with E-state index in [1.54, 1.807) is 30.6 Å². The number of nitrogens with one attached hydrogen (secondary N) is 1. The second-order valence-corrected chi connectivity index (χ2v) is 14.0. The van der Waals surface area contributed by atoms with Crippen LogP contribution in [0.4, 0.5) is 0 Å². The Morgan fingerprint density at radius 2 is 1.85 bits per heavy atom. The fourth-order valence-electron chi connectivity index (χ4n) is 7.00. The summed E-state index contributed by atoms with van der Waals surface area (Å²) in [5.74, 6) is -0.259. The second-order valence-electron chi connectivity index (χ2n) is 12.8. The number of aliphatic hydroxyl groups is 1. The lowest BCUT2D eigenvalue weighted by Gasteiger charge is -2.43. The van der Waals surface area contributed by atoms with Gasteiger partial charge in [0.05, 0.1) is 35.2 Å². The monoisotopic (exact) mass is 685 g/mol. The van der Waals surface area contributed by atoms with E-state index in [1.807, 2.05) is 29.2 Å². The zero-order chi connectivity index (χ0) is 33.3. The van der Waals surface area contributed by atoms with Gasteiger partial charge in [-0.2, -0.15) is 4.37 Å². The molecule has 2 N–H and O–H groups in total. The van der Waals surface area contributed by atoms with E-state index >= 15 is 0 Å². The van der Waals surface area contributed by atoms with E-state index in [-0.39, 0.29) is 35.8 Å². The number of fused-ring (bicyclic) bond motifs is 2. The summed E-state index contributed by atoms with van der Waals surface area (Å²) in [6, 6.07) is 17.2. The number of rotatable bonds is 8. The van der Waals surface area contributed by atoms with E-state index in [0.29, 0.717) is 78.3 Å². The molecule has 2 amide bonds. The van der Waals surface area contributed by atoms with Crippen molar-refractivity contribution in [1.29, 1.82) is 0 Å². The summed E-state index contributed by atoms with van der Waals surface area (Å²) in [6.45, 7) is 3.53. The number of hydrogen-bond donors (Lipinski definition) is 2. The van der Waals surface area contributed by atoms with Crippen LogP contribution < -0.4 is 10.9 Å². The molecule has 0 spiro atoms. The molecule has 2 aliphatic rings. The molecule has 5 aromatic rings. The van der Waals surface area contributed by atoms with E-state index < -0.39 is 5.60 Å². The molecule has 2 atom stereocenters. The number of carbonyl (C=O) groups excluding carboxylic acids is 2. The van der Waals surface area contributed by atoms with E-state index in [1.165, 1.54) is 10.9 Å². The van der Waals surface area contributed by atoms with E-state index in [4.69, 9.17) is 11.6 Å². The predicted molar refractivity (Wildman–Crippen MR) is 185 cm³/mol. The largest absolute Gasteiger partial charge is 0.388 e. The average molecular weight is 686 g/mol. The van der Waals surface area contributed by atoms with Gasteiger partial charge in [-0.3, -0.25) is 23.9 Å². The van der Waals surface area contributed by atoms with Gasteiger partial charge in [0.25, 0.3) is 11.5 Å². The number of pyridine rings is 1. The summed E-state index contributed by atoms with van der Waals surface area (Å²) in [5.41, 5.74) is 1.56. The molecule has 2 fully saturated rings. The first-order valence-electron chi connectivity index (χ1n) is 16.2. The lowest BCUT2D eigenvalue weighted by atomic mass is 9.79. The standard InChI is InChI=1S/C35H36ClN7O4S/c36-28-8-12-37-29-18-24(6-7-26(28)29)32(44)38-13-17-41-14-9-25(27(20-41)23-4-2-1-3-5-23)33(45)42-15-10-35(47,11-16-42)21-43-22-39-30-19-40-48-31(30)34(43)46/h1-8,12,18-19,22,25,27,47H,9-11,13-17,20-21H2,(H,38,44)/t25-,27+/m1/s1. The van der Waals surface area contributed by atoms with Crippen molar-refractivity contribution in [1.82, 2.24) is 34.0 Å². The van der Waals surface area contributed by atoms with Crippen LogP contribution in [0.25, 0.3) is 21.1 Å². The minimum atomic E-state index is -1.11. The molecule has 0 bridgehead atoms. The fourth-order valence-corrected chi connectivity index (χ4v) is 7.86. The van der Waals surface area contributed by atoms with Gasteiger partial charge >= 0.3 is 0 Å². The maximum absolute atomic E-state index is 14.0. The zero-order valence-electron chi connectivity index (χ0n) is 26.3. The van der Waals surface area contributed by atoms with Crippen molar-refractivity contribution in [3.8, 4) is 0 Å². The Balaban J connectivity index is 0.965. The molecule has 48 heavy (non-hydrogen) atoms. The van der Waals surface area contributed by atoms with Crippen LogP contribution in [0.5, 0.6) is 0 Å². The first-order valence-corrected chi connectivity index (χ1v) is 17.3. The SMILES string of the molecule is O=C(NCCN1CC[C@@H](C(=O)N2CCC(O)(Cn3cnc4cnsc4c3=O)CC2)[C@H](c2ccccc2)C1)c1ccc2c(Cl)ccnc2c1. The van der Waals surface area contributed by atoms with Gasteiger partial charge in [0.2, 0.25) is 5.91 Å². The second kappa shape index (κ2) is 13.7. The van der Waals surface area contributed by atoms with Crippen molar-refractivity contribution in [2.24, 2.45) is 5.92 Å². The Morgan fingerprint density at radius 1 is 1.04 bits per heavy atom. The normalized spacial score (nSPS) is 19.8. The van der Waals surface area contributed by atoms with Gasteiger partial charge in [0.1, 0.15) is 10.2 Å². The summed E-state index contributed by atoms with van der Waals surface area (Å²) >= 11 is 7.35. The molecule has 11 nitrogen and oxygen atoms in total. The van der Waals surface area contributed by atoms with Gasteiger partial charge in [0, 0.05) is 61.7 Å². The highest BCUT2D eigenvalue weighted by molar-refractivity contribution is 7.13. The highest BCUT2D eigenvalue weighted by atomic mass is 35.5. The van der Waals surface area contributed by atoms with Crippen molar-refractivity contribution >= 4 is 56.1 Å². The topological polar surface area (TPSA) is 134 Å². The maximum atomic E-state index is 14.0. The molecule has 0 aliphatic carbocycles. The number of piperidine rings is 2. The average Bonchev–Trinajstić information content (AvgIpc) is 3.60. The van der Waals surface area contributed by atoms with Crippen LogP contribution in [0.1, 0.15) is 41.1 Å². The molecule has 13 heteroatoms. The minimum absolute atomic E-state index is 0.00365. The van der Waals surface area contributed by atoms with Crippen LogP contribution in [-0.2, 0) is 11.3 Å². The molecule has 2 aromatic carbocycles. The molecule has 2 aliphatic heterocycles. The van der Waals surface area contributed by atoms with Crippen molar-refractivity contribution in [3.05, 3.63) is 99.8 Å². The van der Waals surface area contributed by atoms with Crippen LogP contribution in [0.3, 0.4) is 0 Å². The van der Waals surface area contributed by atoms with Crippen LogP contribution in [0.2, 0.25) is 5.02 Å². The molecule has 0 unspecified atom stereocenters. The van der Waals surface area contributed by atoms with Gasteiger partial charge in [-0.25, -0.2) is 4.98 Å². The van der Waals surface area contributed by atoms with E-state index in [0.717, 1.165) is 29.0 Å². The third-order valence-corrected chi connectivity index (χ3v) is 10.8. The molecular weight excluding hydrogens is 650 g/mol. The Bertz CT molecular complexity index is 2010. The number of aromatic nitrogens is 4. The minimum Gasteiger partial charge on any atom is -0.388 e. The molecule has 2 saturated heterocycles. The molecule has 0 radical (unpaired) electrons. The first kappa shape index (κ1) is 32.3. The lowest BCUT2D eigenvalue weighted by molar-refractivity contribution is -0.142. The summed E-state index contributed by atoms with van der Waals surface area (Å²) < 4.78 is 5.98. The third kappa shape index (κ3) is 6.70. The molecule has 5 heterocycles. The van der Waals surface area contributed by atoms with Gasteiger partial charge in [-0.15, -0.1) is 0 Å². The molecule has 7 rings (SSSR count). The van der Waals surface area contributed by atoms with Crippen LogP contribution in [0, 0.1) is 5.92 Å². The predicted octanol–water partition coefficient (Wildman–Crippen LogP) is 3.94. The maximum Gasteiger partial charge on any atom is 0.273 e. The molecule has 3 aromatic heterocycles. The van der Waals surface area contributed by atoms with Gasteiger partial charge in [0.15, 0.2) is 0 Å². The summed E-state index contributed by atoms with van der Waals surface area (Å²) in [5, 5.41) is 15.9. The van der Waals surface area contributed by atoms with Crippen LogP contribution in [-0.4, -0.2) is 90.5 Å². The summed E-state index contributed by atoms with van der Waals surface area (Å²) in [4.78, 5) is 52.7. The van der Waals surface area contributed by atoms with Crippen LogP contribution >= 0.6 is 23.1 Å². The van der Waals surface area contributed by atoms with Gasteiger partial charge in [-0.05, 0) is 61.1 Å². The van der Waals surface area contributed by atoms with Gasteiger partial charge in [-0.1, -0.05) is 48.0 Å². The van der Waals surface area contributed by atoms with E-state index in [2.05, 4.69) is 36.7 Å². The Kier molecular flexibility index (Phi) is 9.23. The highest BCUT2D eigenvalue weighted by Gasteiger charge is 2.40. The smallest absolute Gasteiger partial charge is 0.273 e. The Labute approximate surface area is 286 Å². The van der Waals surface area contributed by atoms with E-state index in [9.17, 15) is 19.5 Å². The van der Waals surface area contributed by atoms with Crippen molar-refractivity contribution in [2.75, 3.05) is 39.3 Å². The number of amides is 2. The molecule has 248 valence electrons. The molecule has 0 saturated carbocycles. The van der Waals surface area contributed by atoms with Crippen molar-refractivity contribution in [3.63, 3.8) is 0 Å². The fraction of sp³-hybridized carbons (Fsp3) is 0.371. The number of halogens is 1. The number of benzene rings is 2. The quantitative estimate of drug-likeness (QED) is 0.251. The number of nitrogens with zero attached hydrogens (tertiary/aromatic N) is 6. The van der Waals surface area contributed by atoms with Gasteiger partial charge < -0.3 is 20.2 Å².